The Morgan fingerprint density at radius 3 is 3.08 bits per heavy atom. The number of carbonyl (C=O) groups is 2. The lowest BCUT2D eigenvalue weighted by molar-refractivity contribution is -0.121. The van der Waals surface area contributed by atoms with Gasteiger partial charge in [-0.25, -0.2) is 4.98 Å². The van der Waals surface area contributed by atoms with Gasteiger partial charge in [0.05, 0.1) is 11.3 Å². The molecule has 7 heteroatoms. The molecule has 0 unspecified atom stereocenters. The first kappa shape index (κ1) is 15.2. The molecule has 0 fully saturated rings. The van der Waals surface area contributed by atoms with Crippen LogP contribution in [0.2, 0.25) is 0 Å². The number of benzene rings is 1. The fourth-order valence-electron chi connectivity index (χ4n) is 2.93. The quantitative estimate of drug-likeness (QED) is 0.759. The minimum Gasteiger partial charge on any atom is -0.482 e. The van der Waals surface area contributed by atoms with Crippen molar-refractivity contribution in [2.24, 2.45) is 0 Å². The van der Waals surface area contributed by atoms with Crippen LogP contribution in [0.15, 0.2) is 48.8 Å². The number of aromatic nitrogens is 2. The van der Waals surface area contributed by atoms with Crippen LogP contribution in [0.5, 0.6) is 5.75 Å². The van der Waals surface area contributed by atoms with E-state index >= 15 is 0 Å². The third-order valence-electron chi connectivity index (χ3n) is 4.13. The summed E-state index contributed by atoms with van der Waals surface area (Å²) in [6.07, 6.45) is 3.34. The van der Waals surface area contributed by atoms with Crippen LogP contribution in [0, 0.1) is 0 Å². The fraction of sp³-hybridized carbons (Fsp3) is 0.167. The van der Waals surface area contributed by atoms with Gasteiger partial charge in [0.1, 0.15) is 11.4 Å². The van der Waals surface area contributed by atoms with Crippen LogP contribution >= 0.6 is 0 Å². The van der Waals surface area contributed by atoms with E-state index in [4.69, 9.17) is 4.74 Å². The number of carbonyl (C=O) groups excluding carboxylic acids is 2. The summed E-state index contributed by atoms with van der Waals surface area (Å²) in [7, 11) is 0. The largest absolute Gasteiger partial charge is 0.482 e. The lowest BCUT2D eigenvalue weighted by Gasteiger charge is -2.29. The second-order valence-corrected chi connectivity index (χ2v) is 5.66. The van der Waals surface area contributed by atoms with Gasteiger partial charge in [-0.2, -0.15) is 0 Å². The zero-order valence-corrected chi connectivity index (χ0v) is 13.4. The zero-order valence-electron chi connectivity index (χ0n) is 13.4. The second kappa shape index (κ2) is 6.27. The van der Waals surface area contributed by atoms with Gasteiger partial charge < -0.3 is 19.9 Å². The van der Waals surface area contributed by atoms with Gasteiger partial charge >= 0.3 is 0 Å². The van der Waals surface area contributed by atoms with Gasteiger partial charge in [0.2, 0.25) is 0 Å². The van der Waals surface area contributed by atoms with E-state index in [0.717, 1.165) is 11.1 Å². The number of rotatable bonds is 4. The number of fused-ring (bicyclic) bond motifs is 2. The van der Waals surface area contributed by atoms with Crippen molar-refractivity contribution in [3.8, 4) is 5.75 Å². The molecule has 0 saturated heterocycles. The Morgan fingerprint density at radius 2 is 2.16 bits per heavy atom. The Bertz CT molecular complexity index is 950. The molecule has 126 valence electrons. The third-order valence-corrected chi connectivity index (χ3v) is 4.13. The van der Waals surface area contributed by atoms with Crippen molar-refractivity contribution in [2.45, 2.75) is 0 Å². The summed E-state index contributed by atoms with van der Waals surface area (Å²) in [6, 6.07) is 10.9. The van der Waals surface area contributed by atoms with E-state index in [0.29, 0.717) is 30.0 Å². The molecule has 0 saturated carbocycles. The van der Waals surface area contributed by atoms with E-state index in [1.54, 1.807) is 23.4 Å². The Balaban J connectivity index is 1.45. The zero-order chi connectivity index (χ0) is 17.2. The molecule has 0 atom stereocenters. The number of nitrogens with zero attached hydrogens (tertiary/aromatic N) is 2. The van der Waals surface area contributed by atoms with Crippen molar-refractivity contribution >= 4 is 28.5 Å². The van der Waals surface area contributed by atoms with Gasteiger partial charge in [-0.15, -0.1) is 0 Å². The normalized spacial score (nSPS) is 13.4. The molecule has 2 aromatic heterocycles. The van der Waals surface area contributed by atoms with Crippen molar-refractivity contribution in [1.82, 2.24) is 15.3 Å². The second-order valence-electron chi connectivity index (χ2n) is 5.66. The summed E-state index contributed by atoms with van der Waals surface area (Å²) in [5.41, 5.74) is 1.95. The molecule has 4 rings (SSSR count). The number of pyridine rings is 1. The van der Waals surface area contributed by atoms with E-state index in [9.17, 15) is 9.59 Å². The maximum Gasteiger partial charge on any atom is 0.265 e. The highest BCUT2D eigenvalue weighted by molar-refractivity contribution is 6.05. The van der Waals surface area contributed by atoms with Gasteiger partial charge in [-0.1, -0.05) is 12.1 Å². The van der Waals surface area contributed by atoms with Gasteiger partial charge in [0.25, 0.3) is 11.8 Å². The molecule has 0 spiro atoms. The third kappa shape index (κ3) is 2.80. The van der Waals surface area contributed by atoms with Crippen LogP contribution in [0.25, 0.3) is 11.0 Å². The van der Waals surface area contributed by atoms with Crippen molar-refractivity contribution in [3.63, 3.8) is 0 Å². The lowest BCUT2D eigenvalue weighted by Crippen LogP contribution is -2.43. The summed E-state index contributed by atoms with van der Waals surface area (Å²) in [5, 5.41) is 3.64. The van der Waals surface area contributed by atoms with Crippen molar-refractivity contribution < 1.29 is 14.3 Å². The first-order valence-corrected chi connectivity index (χ1v) is 7.96. The molecule has 3 heterocycles. The van der Waals surface area contributed by atoms with Crippen LogP contribution in [0.4, 0.5) is 5.69 Å². The standard InChI is InChI=1S/C18H16N4O3/c23-16-11-25-15-4-2-1-3-14(15)22(16)10-9-21-18(24)13-6-8-20-17-12(13)5-7-19-17/h1-8H,9-11H2,(H,19,20)(H,21,24). The number of nitrogens with one attached hydrogen (secondary N) is 2. The van der Waals surface area contributed by atoms with Crippen molar-refractivity contribution in [1.29, 1.82) is 0 Å². The number of para-hydroxylation sites is 2. The molecule has 2 N–H and O–H groups in total. The van der Waals surface area contributed by atoms with Crippen LogP contribution in [-0.4, -0.2) is 41.5 Å². The molecule has 1 aliphatic heterocycles. The predicted molar refractivity (Wildman–Crippen MR) is 92.7 cm³/mol. The van der Waals surface area contributed by atoms with E-state index in [2.05, 4.69) is 15.3 Å². The summed E-state index contributed by atoms with van der Waals surface area (Å²) in [4.78, 5) is 33.4. The SMILES string of the molecule is O=C(NCCN1C(=O)COc2ccccc21)c1ccnc2[nH]ccc12. The minimum atomic E-state index is -0.194. The molecule has 0 radical (unpaired) electrons. The van der Waals surface area contributed by atoms with E-state index < -0.39 is 0 Å². The monoisotopic (exact) mass is 336 g/mol. The number of amides is 2. The lowest BCUT2D eigenvalue weighted by atomic mass is 10.2. The topological polar surface area (TPSA) is 87.3 Å². The number of hydrogen-bond donors (Lipinski definition) is 2. The van der Waals surface area contributed by atoms with Crippen LogP contribution < -0.4 is 15.0 Å². The average molecular weight is 336 g/mol. The van der Waals surface area contributed by atoms with Crippen molar-refractivity contribution in [2.75, 3.05) is 24.6 Å². The first-order valence-electron chi connectivity index (χ1n) is 7.96. The maximum absolute atomic E-state index is 12.4. The van der Waals surface area contributed by atoms with Gasteiger partial charge in [-0.3, -0.25) is 9.59 Å². The number of anilines is 1. The number of H-pyrrole nitrogens is 1. The average Bonchev–Trinajstić information content (AvgIpc) is 3.12. The maximum atomic E-state index is 12.4. The summed E-state index contributed by atoms with van der Waals surface area (Å²) in [6.45, 7) is 0.735. The Hall–Kier alpha value is -3.35. The van der Waals surface area contributed by atoms with Crippen molar-refractivity contribution in [3.05, 3.63) is 54.4 Å². The summed E-state index contributed by atoms with van der Waals surface area (Å²) >= 11 is 0. The first-order chi connectivity index (χ1) is 12.2. The molecule has 7 nitrogen and oxygen atoms in total. The number of aromatic amines is 1. The molecule has 25 heavy (non-hydrogen) atoms. The number of ether oxygens (including phenoxy) is 1. The van der Waals surface area contributed by atoms with Gasteiger partial charge in [0.15, 0.2) is 6.61 Å². The van der Waals surface area contributed by atoms with Crippen LogP contribution in [0.1, 0.15) is 10.4 Å². The van der Waals surface area contributed by atoms with Gasteiger partial charge in [0, 0.05) is 30.9 Å². The Morgan fingerprint density at radius 1 is 1.28 bits per heavy atom. The molecule has 0 aliphatic carbocycles. The molecular weight excluding hydrogens is 320 g/mol. The molecule has 2 amide bonds. The van der Waals surface area contributed by atoms with E-state index in [1.165, 1.54) is 0 Å². The highest BCUT2D eigenvalue weighted by atomic mass is 16.5. The minimum absolute atomic E-state index is 0.0132. The van der Waals surface area contributed by atoms with Gasteiger partial charge in [-0.05, 0) is 24.3 Å². The van der Waals surface area contributed by atoms with E-state index in [-0.39, 0.29) is 18.4 Å². The van der Waals surface area contributed by atoms with Crippen LogP contribution in [-0.2, 0) is 4.79 Å². The van der Waals surface area contributed by atoms with Crippen LogP contribution in [0.3, 0.4) is 0 Å². The fourth-order valence-corrected chi connectivity index (χ4v) is 2.93. The highest BCUT2D eigenvalue weighted by Gasteiger charge is 2.24. The highest BCUT2D eigenvalue weighted by Crippen LogP contribution is 2.30. The molecule has 3 aromatic rings. The predicted octanol–water partition coefficient (Wildman–Crippen LogP) is 1.72. The summed E-state index contributed by atoms with van der Waals surface area (Å²) < 4.78 is 5.41. The Kier molecular flexibility index (Phi) is 3.81. The van der Waals surface area contributed by atoms with E-state index in [1.807, 2.05) is 30.3 Å². The number of hydrogen-bond acceptors (Lipinski definition) is 4. The molecular formula is C18H16N4O3. The molecule has 1 aliphatic rings. The smallest absolute Gasteiger partial charge is 0.265 e. The summed E-state index contributed by atoms with van der Waals surface area (Å²) in [5.74, 6) is 0.363. The molecule has 0 bridgehead atoms. The Labute approximate surface area is 143 Å². The molecule has 1 aromatic carbocycles.